The Balaban J connectivity index is 1.30. The maximum absolute atomic E-state index is 13.1. The van der Waals surface area contributed by atoms with Crippen molar-refractivity contribution in [1.29, 1.82) is 0 Å². The summed E-state index contributed by atoms with van der Waals surface area (Å²) in [7, 11) is 0. The van der Waals surface area contributed by atoms with Crippen LogP contribution in [0.4, 0.5) is 11.4 Å². The molecule has 0 radical (unpaired) electrons. The Bertz CT molecular complexity index is 1200. The van der Waals surface area contributed by atoms with Gasteiger partial charge in [0.2, 0.25) is 11.8 Å². The van der Waals surface area contributed by atoms with Crippen molar-refractivity contribution < 1.29 is 14.3 Å². The van der Waals surface area contributed by atoms with Crippen LogP contribution in [0.25, 0.3) is 11.4 Å². The van der Waals surface area contributed by atoms with Crippen LogP contribution in [-0.2, 0) is 22.6 Å². The van der Waals surface area contributed by atoms with E-state index in [4.69, 9.17) is 4.74 Å². The number of hydrogen-bond donors (Lipinski definition) is 1. The Morgan fingerprint density at radius 2 is 2.00 bits per heavy atom. The average molecular weight is 460 g/mol. The van der Waals surface area contributed by atoms with E-state index in [0.717, 1.165) is 43.0 Å². The molecule has 1 N–H and O–H groups in total. The van der Waals surface area contributed by atoms with E-state index < -0.39 is 5.92 Å². The van der Waals surface area contributed by atoms with Crippen LogP contribution in [0.15, 0.2) is 48.5 Å². The number of carbonyl (C=O) groups is 2. The molecule has 34 heavy (non-hydrogen) atoms. The van der Waals surface area contributed by atoms with Gasteiger partial charge in [0.05, 0.1) is 18.2 Å². The van der Waals surface area contributed by atoms with Crippen molar-refractivity contribution in [2.24, 2.45) is 5.92 Å². The monoisotopic (exact) mass is 459 g/mol. The van der Waals surface area contributed by atoms with Crippen molar-refractivity contribution in [3.8, 4) is 17.1 Å². The largest absolute Gasteiger partial charge is 0.492 e. The molecule has 8 nitrogen and oxygen atoms in total. The summed E-state index contributed by atoms with van der Waals surface area (Å²) in [6.07, 6.45) is 4.57. The molecule has 0 unspecified atom stereocenters. The minimum Gasteiger partial charge on any atom is -0.492 e. The Morgan fingerprint density at radius 3 is 2.88 bits per heavy atom. The molecule has 2 amide bonds. The zero-order valence-corrected chi connectivity index (χ0v) is 19.4. The molecular weight excluding hydrogens is 430 g/mol. The van der Waals surface area contributed by atoms with E-state index in [1.165, 1.54) is 6.42 Å². The number of anilines is 2. The number of hydrogen-bond acceptors (Lipinski definition) is 5. The lowest BCUT2D eigenvalue weighted by Crippen LogP contribution is -2.28. The number of nitrogens with zero attached hydrogens (tertiary/aromatic N) is 4. The van der Waals surface area contributed by atoms with E-state index in [1.807, 2.05) is 55.5 Å². The fourth-order valence-corrected chi connectivity index (χ4v) is 4.75. The molecule has 1 atom stereocenters. The van der Waals surface area contributed by atoms with Gasteiger partial charge in [-0.1, -0.05) is 30.7 Å². The summed E-state index contributed by atoms with van der Waals surface area (Å²) in [5.74, 6) is 1.84. The zero-order chi connectivity index (χ0) is 23.5. The van der Waals surface area contributed by atoms with Gasteiger partial charge in [-0.15, -0.1) is 10.2 Å². The number of carbonyl (C=O) groups excluding carboxylic acids is 2. The van der Waals surface area contributed by atoms with Crippen LogP contribution in [0, 0.1) is 5.92 Å². The minimum absolute atomic E-state index is 0.0767. The van der Waals surface area contributed by atoms with Crippen molar-refractivity contribution >= 4 is 23.2 Å². The molecule has 3 heterocycles. The normalized spacial score (nSPS) is 17.9. The average Bonchev–Trinajstić information content (AvgIpc) is 3.35. The highest BCUT2D eigenvalue weighted by Gasteiger charge is 2.36. The van der Waals surface area contributed by atoms with Crippen LogP contribution >= 0.6 is 0 Å². The van der Waals surface area contributed by atoms with Crippen LogP contribution < -0.4 is 15.0 Å². The van der Waals surface area contributed by atoms with Crippen LogP contribution in [0.2, 0.25) is 0 Å². The maximum Gasteiger partial charge on any atom is 0.229 e. The van der Waals surface area contributed by atoms with Crippen molar-refractivity contribution in [2.45, 2.75) is 45.6 Å². The maximum atomic E-state index is 13.1. The Morgan fingerprint density at radius 1 is 1.12 bits per heavy atom. The molecule has 1 saturated heterocycles. The van der Waals surface area contributed by atoms with Crippen LogP contribution in [0.3, 0.4) is 0 Å². The van der Waals surface area contributed by atoms with Gasteiger partial charge in [-0.2, -0.15) is 0 Å². The lowest BCUT2D eigenvalue weighted by molar-refractivity contribution is -0.122. The number of nitrogens with one attached hydrogen (secondary N) is 1. The van der Waals surface area contributed by atoms with Gasteiger partial charge in [-0.25, -0.2) is 0 Å². The Labute approximate surface area is 198 Å². The quantitative estimate of drug-likeness (QED) is 0.600. The third-order valence-corrected chi connectivity index (χ3v) is 6.45. The highest BCUT2D eigenvalue weighted by atomic mass is 16.5. The number of benzene rings is 2. The van der Waals surface area contributed by atoms with E-state index in [0.29, 0.717) is 30.3 Å². The minimum atomic E-state index is -0.435. The molecule has 0 bridgehead atoms. The van der Waals surface area contributed by atoms with Gasteiger partial charge in [0.25, 0.3) is 0 Å². The van der Waals surface area contributed by atoms with Crippen LogP contribution in [-0.4, -0.2) is 39.7 Å². The fourth-order valence-electron chi connectivity index (χ4n) is 4.75. The number of fused-ring (bicyclic) bond motifs is 1. The van der Waals surface area contributed by atoms with Crippen LogP contribution in [0.5, 0.6) is 5.75 Å². The second-order valence-corrected chi connectivity index (χ2v) is 8.78. The highest BCUT2D eigenvalue weighted by molar-refractivity contribution is 6.04. The Kier molecular flexibility index (Phi) is 6.29. The lowest BCUT2D eigenvalue weighted by Gasteiger charge is -2.20. The van der Waals surface area contributed by atoms with Gasteiger partial charge >= 0.3 is 0 Å². The van der Waals surface area contributed by atoms with Gasteiger partial charge in [-0.3, -0.25) is 9.59 Å². The Hall–Kier alpha value is -3.68. The molecule has 2 aliphatic rings. The van der Waals surface area contributed by atoms with E-state index >= 15 is 0 Å². The number of aromatic nitrogens is 3. The summed E-state index contributed by atoms with van der Waals surface area (Å²) in [5, 5.41) is 11.8. The van der Waals surface area contributed by atoms with E-state index in [2.05, 4.69) is 20.1 Å². The van der Waals surface area contributed by atoms with Gasteiger partial charge in [0, 0.05) is 37.2 Å². The van der Waals surface area contributed by atoms with Crippen LogP contribution in [0.1, 0.15) is 38.4 Å². The van der Waals surface area contributed by atoms with Crippen molar-refractivity contribution in [3.63, 3.8) is 0 Å². The first kappa shape index (κ1) is 22.1. The van der Waals surface area contributed by atoms with E-state index in [-0.39, 0.29) is 18.2 Å². The smallest absolute Gasteiger partial charge is 0.229 e. The molecule has 2 aliphatic heterocycles. The zero-order valence-electron chi connectivity index (χ0n) is 19.4. The van der Waals surface area contributed by atoms with Gasteiger partial charge < -0.3 is 19.5 Å². The molecule has 3 aromatic rings. The number of rotatable bonds is 6. The molecule has 8 heteroatoms. The molecule has 176 valence electrons. The summed E-state index contributed by atoms with van der Waals surface area (Å²) >= 11 is 0. The molecule has 0 aliphatic carbocycles. The number of ether oxygens (including phenoxy) is 1. The van der Waals surface area contributed by atoms with Crippen molar-refractivity contribution in [2.75, 3.05) is 23.4 Å². The third-order valence-electron chi connectivity index (χ3n) is 6.45. The first-order valence-electron chi connectivity index (χ1n) is 12.0. The molecule has 2 aromatic carbocycles. The van der Waals surface area contributed by atoms with Crippen molar-refractivity contribution in [3.05, 3.63) is 54.4 Å². The molecule has 5 rings (SSSR count). The SMILES string of the molecule is CCOc1ccccc1N1C[C@H](C(=O)Nc2cccc(-c3nnc4n3CCCCC4)c2)CC1=O. The first-order chi connectivity index (χ1) is 16.6. The summed E-state index contributed by atoms with van der Waals surface area (Å²) in [6, 6.07) is 15.1. The molecule has 1 aromatic heterocycles. The number of para-hydroxylation sites is 2. The summed E-state index contributed by atoms with van der Waals surface area (Å²) in [5.41, 5.74) is 2.32. The van der Waals surface area contributed by atoms with E-state index in [1.54, 1.807) is 4.90 Å². The second-order valence-electron chi connectivity index (χ2n) is 8.78. The third kappa shape index (κ3) is 4.40. The highest BCUT2D eigenvalue weighted by Crippen LogP contribution is 2.33. The van der Waals surface area contributed by atoms with Gasteiger partial charge in [0.1, 0.15) is 11.6 Å². The lowest BCUT2D eigenvalue weighted by atomic mass is 10.1. The summed E-state index contributed by atoms with van der Waals surface area (Å²) < 4.78 is 7.87. The molecule has 0 saturated carbocycles. The standard InChI is InChI=1S/C26H29N5O3/c1-2-34-22-12-6-5-11-21(22)31-17-19(16-24(31)32)26(33)27-20-10-8-9-18(15-20)25-29-28-23-13-4-3-7-14-30(23)25/h5-6,8-12,15,19H,2-4,7,13-14,16-17H2,1H3,(H,27,33)/t19-/m1/s1. The number of amides is 2. The molecule has 0 spiro atoms. The fraction of sp³-hybridized carbons (Fsp3) is 0.385. The summed E-state index contributed by atoms with van der Waals surface area (Å²) in [4.78, 5) is 27.5. The van der Waals surface area contributed by atoms with Gasteiger partial charge in [-0.05, 0) is 44.0 Å². The topological polar surface area (TPSA) is 89.3 Å². The molecule has 1 fully saturated rings. The predicted molar refractivity (Wildman–Crippen MR) is 130 cm³/mol. The number of aryl methyl sites for hydroxylation is 1. The predicted octanol–water partition coefficient (Wildman–Crippen LogP) is 4.06. The first-order valence-corrected chi connectivity index (χ1v) is 12.0. The molecular formula is C26H29N5O3. The van der Waals surface area contributed by atoms with Crippen molar-refractivity contribution in [1.82, 2.24) is 14.8 Å². The second kappa shape index (κ2) is 9.67. The van der Waals surface area contributed by atoms with E-state index in [9.17, 15) is 9.59 Å². The summed E-state index contributed by atoms with van der Waals surface area (Å²) in [6.45, 7) is 3.65. The van der Waals surface area contributed by atoms with Gasteiger partial charge in [0.15, 0.2) is 5.82 Å².